The van der Waals surface area contributed by atoms with Crippen molar-refractivity contribution in [3.05, 3.63) is 60.2 Å². The number of rotatable bonds is 5. The van der Waals surface area contributed by atoms with Crippen LogP contribution in [0.3, 0.4) is 0 Å². The molecule has 0 aliphatic carbocycles. The number of benzene rings is 2. The molecule has 0 spiro atoms. The smallest absolute Gasteiger partial charge is 0.127 e. The van der Waals surface area contributed by atoms with Crippen LogP contribution in [0.1, 0.15) is 24.4 Å². The third kappa shape index (κ3) is 5.85. The molecule has 2 aliphatic rings. The van der Waals surface area contributed by atoms with Gasteiger partial charge in [0.25, 0.3) is 0 Å². The minimum absolute atomic E-state index is 0. The van der Waals surface area contributed by atoms with E-state index in [4.69, 9.17) is 9.47 Å². The maximum atomic E-state index is 5.96. The number of hydrogen-bond donors (Lipinski definition) is 1. The third-order valence-electron chi connectivity index (χ3n) is 5.46. The first-order valence-electron chi connectivity index (χ1n) is 9.75. The molecule has 154 valence electrons. The van der Waals surface area contributed by atoms with Crippen molar-refractivity contribution in [3.8, 4) is 11.5 Å². The second-order valence-corrected chi connectivity index (χ2v) is 7.16. The zero-order valence-electron chi connectivity index (χ0n) is 16.1. The van der Waals surface area contributed by atoms with Crippen LogP contribution in [0.25, 0.3) is 0 Å². The highest BCUT2D eigenvalue weighted by atomic mass is 35.5. The van der Waals surface area contributed by atoms with Gasteiger partial charge in [-0.15, -0.1) is 24.8 Å². The van der Waals surface area contributed by atoms with Gasteiger partial charge in [0.1, 0.15) is 11.5 Å². The van der Waals surface area contributed by atoms with Crippen molar-refractivity contribution in [1.29, 1.82) is 0 Å². The van der Waals surface area contributed by atoms with Crippen LogP contribution in [0.2, 0.25) is 0 Å². The lowest BCUT2D eigenvalue weighted by molar-refractivity contribution is 0.0213. The SMILES string of the molecule is Cl.Cl.c1ccc(Oc2ccc([C@H](C3CCOCC3)N3CCNCC3)cc2)cc1. The number of para-hydroxylation sites is 1. The van der Waals surface area contributed by atoms with E-state index in [1.165, 1.54) is 5.56 Å². The Morgan fingerprint density at radius 1 is 0.857 bits per heavy atom. The Bertz CT molecular complexity index is 655. The predicted octanol–water partition coefficient (Wildman–Crippen LogP) is 4.70. The summed E-state index contributed by atoms with van der Waals surface area (Å²) < 4.78 is 11.6. The minimum Gasteiger partial charge on any atom is -0.457 e. The normalized spacial score (nSPS) is 19.1. The highest BCUT2D eigenvalue weighted by Crippen LogP contribution is 2.36. The molecule has 0 aromatic heterocycles. The number of nitrogens with zero attached hydrogens (tertiary/aromatic N) is 1. The van der Waals surface area contributed by atoms with E-state index in [2.05, 4.69) is 34.5 Å². The summed E-state index contributed by atoms with van der Waals surface area (Å²) in [4.78, 5) is 2.65. The summed E-state index contributed by atoms with van der Waals surface area (Å²) in [5.41, 5.74) is 1.40. The fourth-order valence-electron chi connectivity index (χ4n) is 4.13. The van der Waals surface area contributed by atoms with Gasteiger partial charge in [-0.3, -0.25) is 4.90 Å². The lowest BCUT2D eigenvalue weighted by Crippen LogP contribution is -2.47. The number of halogens is 2. The predicted molar refractivity (Wildman–Crippen MR) is 118 cm³/mol. The summed E-state index contributed by atoms with van der Waals surface area (Å²) in [5.74, 6) is 2.44. The average Bonchev–Trinajstić information content (AvgIpc) is 2.72. The Morgan fingerprint density at radius 3 is 2.11 bits per heavy atom. The highest BCUT2D eigenvalue weighted by molar-refractivity contribution is 5.85. The van der Waals surface area contributed by atoms with E-state index in [0.717, 1.165) is 63.7 Å². The van der Waals surface area contributed by atoms with Gasteiger partial charge >= 0.3 is 0 Å². The van der Waals surface area contributed by atoms with Crippen LogP contribution < -0.4 is 10.1 Å². The second-order valence-electron chi connectivity index (χ2n) is 7.16. The third-order valence-corrected chi connectivity index (χ3v) is 5.46. The first kappa shape index (κ1) is 23.0. The molecule has 6 heteroatoms. The number of piperazine rings is 1. The highest BCUT2D eigenvalue weighted by Gasteiger charge is 2.31. The molecule has 0 unspecified atom stereocenters. The molecule has 1 atom stereocenters. The van der Waals surface area contributed by atoms with Gasteiger partial charge in [0, 0.05) is 45.4 Å². The van der Waals surface area contributed by atoms with Crippen LogP contribution in [0.5, 0.6) is 11.5 Å². The van der Waals surface area contributed by atoms with Crippen molar-refractivity contribution in [2.24, 2.45) is 5.92 Å². The molecule has 1 N–H and O–H groups in total. The van der Waals surface area contributed by atoms with Gasteiger partial charge in [-0.1, -0.05) is 30.3 Å². The van der Waals surface area contributed by atoms with Crippen molar-refractivity contribution in [1.82, 2.24) is 10.2 Å². The molecule has 0 saturated carbocycles. The van der Waals surface area contributed by atoms with Crippen LogP contribution in [0, 0.1) is 5.92 Å². The van der Waals surface area contributed by atoms with Crippen molar-refractivity contribution in [2.45, 2.75) is 18.9 Å². The quantitative estimate of drug-likeness (QED) is 0.754. The van der Waals surface area contributed by atoms with E-state index in [9.17, 15) is 0 Å². The summed E-state index contributed by atoms with van der Waals surface area (Å²) in [6.45, 7) is 6.17. The van der Waals surface area contributed by atoms with Gasteiger partial charge in [0.05, 0.1) is 0 Å². The van der Waals surface area contributed by atoms with E-state index in [-0.39, 0.29) is 24.8 Å². The Hall–Kier alpha value is -1.30. The molecule has 0 bridgehead atoms. The summed E-state index contributed by atoms with van der Waals surface area (Å²) >= 11 is 0. The van der Waals surface area contributed by atoms with E-state index in [1.54, 1.807) is 0 Å². The molecule has 0 radical (unpaired) electrons. The van der Waals surface area contributed by atoms with Crippen LogP contribution in [0.15, 0.2) is 54.6 Å². The van der Waals surface area contributed by atoms with Gasteiger partial charge in [0.15, 0.2) is 0 Å². The van der Waals surface area contributed by atoms with E-state index >= 15 is 0 Å². The van der Waals surface area contributed by atoms with Crippen LogP contribution in [-0.2, 0) is 4.74 Å². The maximum absolute atomic E-state index is 5.96. The molecule has 28 heavy (non-hydrogen) atoms. The molecule has 2 saturated heterocycles. The number of nitrogens with one attached hydrogen (secondary N) is 1. The standard InChI is InChI=1S/C22H28N2O2.2ClH/c1-2-4-20(5-3-1)26-21-8-6-18(7-9-21)22(19-10-16-25-17-11-19)24-14-12-23-13-15-24;;/h1-9,19,22-23H,10-17H2;2*1H/t22-;;/m1../s1. The van der Waals surface area contributed by atoms with Crippen molar-refractivity contribution >= 4 is 24.8 Å². The summed E-state index contributed by atoms with van der Waals surface area (Å²) in [7, 11) is 0. The molecule has 0 amide bonds. The fourth-order valence-corrected chi connectivity index (χ4v) is 4.13. The molecule has 2 heterocycles. The summed E-state index contributed by atoms with van der Waals surface area (Å²) in [6, 6.07) is 19.2. The first-order valence-corrected chi connectivity index (χ1v) is 9.75. The van der Waals surface area contributed by atoms with Gasteiger partial charge in [0.2, 0.25) is 0 Å². The Labute approximate surface area is 180 Å². The van der Waals surface area contributed by atoms with Crippen LogP contribution in [-0.4, -0.2) is 44.3 Å². The number of ether oxygens (including phenoxy) is 2. The zero-order chi connectivity index (χ0) is 17.6. The number of hydrogen-bond acceptors (Lipinski definition) is 4. The van der Waals surface area contributed by atoms with Gasteiger partial charge in [-0.2, -0.15) is 0 Å². The molecular weight excluding hydrogens is 395 g/mol. The molecule has 2 aromatic rings. The van der Waals surface area contributed by atoms with Gasteiger partial charge in [-0.25, -0.2) is 0 Å². The molecule has 2 aliphatic heterocycles. The average molecular weight is 425 g/mol. The maximum Gasteiger partial charge on any atom is 0.127 e. The first-order chi connectivity index (χ1) is 12.9. The summed E-state index contributed by atoms with van der Waals surface area (Å²) in [6.07, 6.45) is 2.30. The largest absolute Gasteiger partial charge is 0.457 e. The Balaban J connectivity index is 0.00000140. The molecule has 2 aromatic carbocycles. The zero-order valence-corrected chi connectivity index (χ0v) is 17.7. The molecule has 4 nitrogen and oxygen atoms in total. The fraction of sp³-hybridized carbons (Fsp3) is 0.455. The minimum atomic E-state index is 0. The summed E-state index contributed by atoms with van der Waals surface area (Å²) in [5, 5.41) is 3.47. The van der Waals surface area contributed by atoms with E-state index in [0.29, 0.717) is 12.0 Å². The Kier molecular flexibility index (Phi) is 9.56. The van der Waals surface area contributed by atoms with Crippen molar-refractivity contribution < 1.29 is 9.47 Å². The van der Waals surface area contributed by atoms with E-state index < -0.39 is 0 Å². The second kappa shape index (κ2) is 11.6. The van der Waals surface area contributed by atoms with Crippen molar-refractivity contribution in [2.75, 3.05) is 39.4 Å². The van der Waals surface area contributed by atoms with Crippen LogP contribution >= 0.6 is 24.8 Å². The molecule has 4 rings (SSSR count). The lowest BCUT2D eigenvalue weighted by atomic mass is 9.85. The lowest BCUT2D eigenvalue weighted by Gasteiger charge is -2.41. The topological polar surface area (TPSA) is 33.7 Å². The van der Waals surface area contributed by atoms with Gasteiger partial charge in [-0.05, 0) is 48.6 Å². The molecule has 2 fully saturated rings. The van der Waals surface area contributed by atoms with Crippen LogP contribution in [0.4, 0.5) is 0 Å². The van der Waals surface area contributed by atoms with E-state index in [1.807, 2.05) is 30.3 Å². The monoisotopic (exact) mass is 424 g/mol. The molecular formula is C22H30Cl2N2O2. The van der Waals surface area contributed by atoms with Crippen molar-refractivity contribution in [3.63, 3.8) is 0 Å². The Morgan fingerprint density at radius 2 is 1.46 bits per heavy atom. The van der Waals surface area contributed by atoms with Gasteiger partial charge < -0.3 is 14.8 Å².